The molecule has 0 radical (unpaired) electrons. The van der Waals surface area contributed by atoms with Crippen LogP contribution < -0.4 is 10.6 Å². The van der Waals surface area contributed by atoms with Gasteiger partial charge in [0.1, 0.15) is 0 Å². The number of fused-ring (bicyclic) bond motifs is 2. The Morgan fingerprint density at radius 3 is 2.39 bits per heavy atom. The molecule has 2 heterocycles. The molecule has 1 amide bonds. The minimum atomic E-state index is 0.264. The molecule has 102 valence electrons. The minimum absolute atomic E-state index is 0.264. The molecule has 2 bridgehead atoms. The predicted octanol–water partition coefficient (Wildman–Crippen LogP) is 0.727. The number of nitrogens with one attached hydrogen (secondary N) is 2. The van der Waals surface area contributed by atoms with E-state index in [0.717, 1.165) is 38.0 Å². The van der Waals surface area contributed by atoms with Gasteiger partial charge in [-0.05, 0) is 45.6 Å². The number of carbonyl (C=O) groups is 1. The second kappa shape index (κ2) is 5.17. The molecule has 2 atom stereocenters. The Balaban J connectivity index is 1.33. The summed E-state index contributed by atoms with van der Waals surface area (Å²) in [7, 11) is 2.27. The number of rotatable bonds is 5. The van der Waals surface area contributed by atoms with Crippen LogP contribution in [0, 0.1) is 5.92 Å². The van der Waals surface area contributed by atoms with E-state index >= 15 is 0 Å². The van der Waals surface area contributed by atoms with Gasteiger partial charge in [0.2, 0.25) is 5.91 Å². The second-order valence-electron chi connectivity index (χ2n) is 6.24. The lowest BCUT2D eigenvalue weighted by Crippen LogP contribution is -2.48. The lowest BCUT2D eigenvalue weighted by Gasteiger charge is -2.36. The van der Waals surface area contributed by atoms with Gasteiger partial charge in [0.05, 0.1) is 0 Å². The average molecular weight is 251 g/mol. The van der Waals surface area contributed by atoms with Gasteiger partial charge < -0.3 is 15.5 Å². The van der Waals surface area contributed by atoms with Crippen molar-refractivity contribution in [2.75, 3.05) is 20.1 Å². The fraction of sp³-hybridized carbons (Fsp3) is 0.929. The molecular weight excluding hydrogens is 226 g/mol. The summed E-state index contributed by atoms with van der Waals surface area (Å²) < 4.78 is 0. The fourth-order valence-electron chi connectivity index (χ4n) is 3.53. The fourth-order valence-corrected chi connectivity index (χ4v) is 3.53. The first-order chi connectivity index (χ1) is 8.74. The first kappa shape index (κ1) is 12.4. The van der Waals surface area contributed by atoms with Crippen molar-refractivity contribution in [2.45, 2.75) is 56.7 Å². The SMILES string of the molecule is CN1C2CCC1CC(NCCNC(=O)C1CC1)C2. The molecule has 0 aromatic heterocycles. The van der Waals surface area contributed by atoms with Crippen molar-refractivity contribution in [2.24, 2.45) is 5.92 Å². The van der Waals surface area contributed by atoms with Crippen LogP contribution in [-0.2, 0) is 4.79 Å². The summed E-state index contributed by atoms with van der Waals surface area (Å²) in [5, 5.41) is 6.64. The van der Waals surface area contributed by atoms with Crippen molar-refractivity contribution in [3.63, 3.8) is 0 Å². The molecule has 3 aliphatic rings. The van der Waals surface area contributed by atoms with Crippen LogP contribution in [0.4, 0.5) is 0 Å². The van der Waals surface area contributed by atoms with Crippen molar-refractivity contribution < 1.29 is 4.79 Å². The first-order valence-corrected chi connectivity index (χ1v) is 7.47. The van der Waals surface area contributed by atoms with Crippen LogP contribution in [0.15, 0.2) is 0 Å². The van der Waals surface area contributed by atoms with Gasteiger partial charge in [-0.2, -0.15) is 0 Å². The van der Waals surface area contributed by atoms with Crippen LogP contribution in [0.5, 0.6) is 0 Å². The number of hydrogen-bond acceptors (Lipinski definition) is 3. The molecule has 18 heavy (non-hydrogen) atoms. The van der Waals surface area contributed by atoms with E-state index in [1.165, 1.54) is 25.7 Å². The van der Waals surface area contributed by atoms with Crippen molar-refractivity contribution in [3.8, 4) is 0 Å². The maximum absolute atomic E-state index is 11.5. The molecule has 0 aromatic rings. The highest BCUT2D eigenvalue weighted by Gasteiger charge is 2.38. The van der Waals surface area contributed by atoms with Crippen LogP contribution in [0.25, 0.3) is 0 Å². The smallest absolute Gasteiger partial charge is 0.223 e. The van der Waals surface area contributed by atoms with E-state index in [4.69, 9.17) is 0 Å². The largest absolute Gasteiger partial charge is 0.355 e. The summed E-state index contributed by atoms with van der Waals surface area (Å²) >= 11 is 0. The highest BCUT2D eigenvalue weighted by Crippen LogP contribution is 2.34. The van der Waals surface area contributed by atoms with Gasteiger partial charge in [0, 0.05) is 37.1 Å². The second-order valence-corrected chi connectivity index (χ2v) is 6.24. The summed E-state index contributed by atoms with van der Waals surface area (Å²) in [5.74, 6) is 0.601. The van der Waals surface area contributed by atoms with Crippen LogP contribution in [0.3, 0.4) is 0 Å². The number of piperidine rings is 1. The van der Waals surface area contributed by atoms with E-state index in [0.29, 0.717) is 12.0 Å². The lowest BCUT2D eigenvalue weighted by atomic mass is 9.98. The van der Waals surface area contributed by atoms with Gasteiger partial charge >= 0.3 is 0 Å². The van der Waals surface area contributed by atoms with Gasteiger partial charge in [-0.3, -0.25) is 4.79 Å². The molecule has 0 aromatic carbocycles. The zero-order valence-electron chi connectivity index (χ0n) is 11.3. The van der Waals surface area contributed by atoms with E-state index in [1.807, 2.05) is 0 Å². The summed E-state index contributed by atoms with van der Waals surface area (Å²) in [5.41, 5.74) is 0. The average Bonchev–Trinajstić information content (AvgIpc) is 3.16. The van der Waals surface area contributed by atoms with Crippen molar-refractivity contribution >= 4 is 5.91 Å². The van der Waals surface area contributed by atoms with E-state index in [2.05, 4.69) is 22.6 Å². The number of carbonyl (C=O) groups excluding carboxylic acids is 1. The van der Waals surface area contributed by atoms with Crippen LogP contribution >= 0.6 is 0 Å². The third-order valence-electron chi connectivity index (χ3n) is 4.90. The Hall–Kier alpha value is -0.610. The Morgan fingerprint density at radius 1 is 1.11 bits per heavy atom. The van der Waals surface area contributed by atoms with Crippen molar-refractivity contribution in [1.29, 1.82) is 0 Å². The zero-order valence-corrected chi connectivity index (χ0v) is 11.3. The molecular formula is C14H25N3O. The Kier molecular flexibility index (Phi) is 3.57. The predicted molar refractivity (Wildman–Crippen MR) is 71.3 cm³/mol. The monoisotopic (exact) mass is 251 g/mol. The minimum Gasteiger partial charge on any atom is -0.355 e. The molecule has 1 saturated carbocycles. The van der Waals surface area contributed by atoms with E-state index in [1.54, 1.807) is 0 Å². The van der Waals surface area contributed by atoms with E-state index < -0.39 is 0 Å². The standard InChI is InChI=1S/C14H25N3O/c1-17-12-4-5-13(17)9-11(8-12)15-6-7-16-14(18)10-2-3-10/h10-13,15H,2-9H2,1H3,(H,16,18). The van der Waals surface area contributed by atoms with Gasteiger partial charge in [-0.15, -0.1) is 0 Å². The zero-order chi connectivity index (χ0) is 12.5. The maximum atomic E-state index is 11.5. The maximum Gasteiger partial charge on any atom is 0.223 e. The van der Waals surface area contributed by atoms with Gasteiger partial charge in [0.15, 0.2) is 0 Å². The van der Waals surface area contributed by atoms with Gasteiger partial charge in [0.25, 0.3) is 0 Å². The third kappa shape index (κ3) is 2.69. The van der Waals surface area contributed by atoms with Gasteiger partial charge in [-0.25, -0.2) is 0 Å². The van der Waals surface area contributed by atoms with Crippen molar-refractivity contribution in [3.05, 3.63) is 0 Å². The first-order valence-electron chi connectivity index (χ1n) is 7.47. The topological polar surface area (TPSA) is 44.4 Å². The molecule has 4 heteroatoms. The molecule has 2 aliphatic heterocycles. The number of amides is 1. The summed E-state index contributed by atoms with van der Waals surface area (Å²) in [6.07, 6.45) is 7.50. The lowest BCUT2D eigenvalue weighted by molar-refractivity contribution is -0.122. The Labute approximate surface area is 109 Å². The van der Waals surface area contributed by atoms with Crippen LogP contribution in [0.2, 0.25) is 0 Å². The molecule has 3 fully saturated rings. The Bertz CT molecular complexity index is 302. The number of nitrogens with zero attached hydrogens (tertiary/aromatic N) is 1. The van der Waals surface area contributed by atoms with Crippen molar-refractivity contribution in [1.82, 2.24) is 15.5 Å². The molecule has 4 nitrogen and oxygen atoms in total. The highest BCUT2D eigenvalue weighted by atomic mass is 16.2. The van der Waals surface area contributed by atoms with E-state index in [-0.39, 0.29) is 5.91 Å². The normalized spacial score (nSPS) is 35.7. The summed E-state index contributed by atoms with van der Waals surface area (Å²) in [6, 6.07) is 2.25. The molecule has 1 aliphatic carbocycles. The summed E-state index contributed by atoms with van der Waals surface area (Å²) in [4.78, 5) is 14.0. The van der Waals surface area contributed by atoms with Crippen LogP contribution in [0.1, 0.15) is 38.5 Å². The van der Waals surface area contributed by atoms with Gasteiger partial charge in [-0.1, -0.05) is 0 Å². The summed E-state index contributed by atoms with van der Waals surface area (Å²) in [6.45, 7) is 1.71. The molecule has 0 spiro atoms. The molecule has 3 rings (SSSR count). The number of hydrogen-bond donors (Lipinski definition) is 2. The highest BCUT2D eigenvalue weighted by molar-refractivity contribution is 5.80. The Morgan fingerprint density at radius 2 is 1.78 bits per heavy atom. The molecule has 2 N–H and O–H groups in total. The van der Waals surface area contributed by atoms with E-state index in [9.17, 15) is 4.79 Å². The van der Waals surface area contributed by atoms with Crippen LogP contribution in [-0.4, -0.2) is 49.1 Å². The third-order valence-corrected chi connectivity index (χ3v) is 4.90. The quantitative estimate of drug-likeness (QED) is 0.708. The molecule has 2 saturated heterocycles. The molecule has 2 unspecified atom stereocenters.